The number of amides is 1. The largest absolute Gasteiger partial charge is 0.494 e. The molecule has 3 atom stereocenters. The van der Waals surface area contributed by atoms with Crippen LogP contribution in [-0.2, 0) is 43.4 Å². The van der Waals surface area contributed by atoms with Crippen LogP contribution in [0.5, 0.6) is 5.75 Å². The zero-order valence-electron chi connectivity index (χ0n) is 24.8. The Balaban J connectivity index is 2.21. The van der Waals surface area contributed by atoms with E-state index in [9.17, 15) is 42.7 Å². The lowest BCUT2D eigenvalue weighted by atomic mass is 9.75. The highest BCUT2D eigenvalue weighted by Crippen LogP contribution is 2.32. The minimum Gasteiger partial charge on any atom is -0.494 e. The van der Waals surface area contributed by atoms with E-state index in [0.717, 1.165) is 5.56 Å². The summed E-state index contributed by atoms with van der Waals surface area (Å²) in [6.07, 6.45) is -6.46. The minimum absolute atomic E-state index is 0.0341. The highest BCUT2D eigenvalue weighted by molar-refractivity contribution is 5.97. The molecule has 4 rings (SSSR count). The van der Waals surface area contributed by atoms with Gasteiger partial charge in [0.05, 0.1) is 12.5 Å². The van der Waals surface area contributed by atoms with Gasteiger partial charge in [-0.15, -0.1) is 0 Å². The van der Waals surface area contributed by atoms with E-state index < -0.39 is 53.5 Å². The number of esters is 2. The summed E-state index contributed by atoms with van der Waals surface area (Å²) in [7, 11) is 0. The molecule has 2 aliphatic rings. The lowest BCUT2D eigenvalue weighted by Crippen LogP contribution is -2.69. The monoisotopic (exact) mass is 638 g/mol. The zero-order chi connectivity index (χ0) is 33.4. The number of carbonyl (C=O) groups is 4. The zero-order valence-corrected chi connectivity index (χ0v) is 24.8. The molecule has 45 heavy (non-hydrogen) atoms. The van der Waals surface area contributed by atoms with E-state index in [1.165, 1.54) is 24.3 Å². The van der Waals surface area contributed by atoms with Crippen molar-refractivity contribution in [2.75, 3.05) is 6.61 Å². The maximum Gasteiger partial charge on any atom is 0.491 e. The van der Waals surface area contributed by atoms with Crippen LogP contribution in [-0.4, -0.2) is 58.1 Å². The second-order valence-electron chi connectivity index (χ2n) is 11.3. The molecule has 2 heterocycles. The molecule has 2 aromatic rings. The Morgan fingerprint density at radius 2 is 1.73 bits per heavy atom. The van der Waals surface area contributed by atoms with Crippen LogP contribution >= 0.6 is 0 Å². The summed E-state index contributed by atoms with van der Waals surface area (Å²) < 4.78 is 49.7. The van der Waals surface area contributed by atoms with Crippen molar-refractivity contribution < 1.29 is 52.1 Å². The van der Waals surface area contributed by atoms with Gasteiger partial charge >= 0.3 is 24.1 Å². The first-order valence-corrected chi connectivity index (χ1v) is 14.2. The highest BCUT2D eigenvalue weighted by atomic mass is 19.4. The Morgan fingerprint density at radius 1 is 1.11 bits per heavy atom. The third-order valence-electron chi connectivity index (χ3n) is 7.53. The fraction of sp³-hybridized carbons (Fsp3) is 0.467. The number of carboxylic acid groups (broad SMARTS) is 1. The molecule has 0 aliphatic carbocycles. The molecule has 0 saturated heterocycles. The van der Waals surface area contributed by atoms with E-state index in [0.29, 0.717) is 16.9 Å². The first-order valence-electron chi connectivity index (χ1n) is 14.2. The van der Waals surface area contributed by atoms with Gasteiger partial charge in [0.25, 0.3) is 0 Å². The number of fused-ring (bicyclic) bond motifs is 11. The van der Waals surface area contributed by atoms with Crippen LogP contribution in [0.2, 0.25) is 0 Å². The molecule has 15 heteroatoms. The van der Waals surface area contributed by atoms with E-state index in [4.69, 9.17) is 10.5 Å². The van der Waals surface area contributed by atoms with Crippen molar-refractivity contribution in [3.05, 3.63) is 65.2 Å². The molecule has 0 spiro atoms. The molecule has 12 nitrogen and oxygen atoms in total. The number of hydrogen-bond donors (Lipinski definition) is 6. The maximum absolute atomic E-state index is 14.1. The van der Waals surface area contributed by atoms with Crippen molar-refractivity contribution in [1.82, 2.24) is 16.1 Å². The summed E-state index contributed by atoms with van der Waals surface area (Å²) in [5.41, 5.74) is 4.22. The molecule has 7 N–H and O–H groups in total. The number of ether oxygens (including phenoxy) is 2. The predicted molar refractivity (Wildman–Crippen MR) is 152 cm³/mol. The number of nitrogens with two attached hydrogens (primary N) is 1. The number of halogens is 3. The van der Waals surface area contributed by atoms with Crippen LogP contribution < -0.4 is 26.6 Å². The first kappa shape index (κ1) is 35.4. The topological polar surface area (TPSA) is 189 Å². The molecule has 3 unspecified atom stereocenters. The van der Waals surface area contributed by atoms with Gasteiger partial charge in [-0.05, 0) is 54.0 Å². The Kier molecular flexibility index (Phi) is 11.7. The number of carbonyl (C=O) groups excluding carboxylic acids is 3. The fourth-order valence-electron chi connectivity index (χ4n) is 5.09. The van der Waals surface area contributed by atoms with Crippen LogP contribution in [0.3, 0.4) is 0 Å². The molecule has 0 radical (unpaired) electrons. The quantitative estimate of drug-likeness (QED) is 0.135. The van der Waals surface area contributed by atoms with Crippen molar-refractivity contribution in [1.29, 1.82) is 0 Å². The maximum atomic E-state index is 14.1. The molecule has 2 bridgehead atoms. The first-order chi connectivity index (χ1) is 21.2. The molecule has 0 saturated carbocycles. The van der Waals surface area contributed by atoms with Crippen molar-refractivity contribution in [2.24, 2.45) is 17.6 Å². The number of nitrogens with one attached hydrogen (secondary N) is 3. The fourth-order valence-corrected chi connectivity index (χ4v) is 5.09. The molecule has 0 fully saturated rings. The molecule has 1 amide bonds. The summed E-state index contributed by atoms with van der Waals surface area (Å²) in [4.78, 5) is 52.3. The van der Waals surface area contributed by atoms with E-state index in [1.54, 1.807) is 43.6 Å². The van der Waals surface area contributed by atoms with Gasteiger partial charge < -0.3 is 30.8 Å². The van der Waals surface area contributed by atoms with E-state index in [1.807, 2.05) is 0 Å². The standard InChI is InChI=1S/C30H37F3N4O8/c1-18(2)14-23-24(38)36-29(26(41)45-27(42)30(31,32)33,35-17-21-6-4-20(16-34)5-7-21)15-19-8-10-22(11-9-19)44-13-3-12-28(23,37-43)25(39)40/h4-11,18,23,35,37,43H,3,12-17,34H2,1-2H3,(H,36,38)(H,39,40). The van der Waals surface area contributed by atoms with Gasteiger partial charge in [0.2, 0.25) is 5.91 Å². The van der Waals surface area contributed by atoms with Crippen molar-refractivity contribution in [3.63, 3.8) is 0 Å². The Hall–Kier alpha value is -4.05. The average Bonchev–Trinajstić information content (AvgIpc) is 2.99. The van der Waals surface area contributed by atoms with Crippen molar-refractivity contribution in [2.45, 2.75) is 70.0 Å². The summed E-state index contributed by atoms with van der Waals surface area (Å²) in [5, 5.41) is 25.7. The summed E-state index contributed by atoms with van der Waals surface area (Å²) in [6, 6.07) is 12.7. The van der Waals surface area contributed by atoms with Gasteiger partial charge in [-0.2, -0.15) is 18.7 Å². The van der Waals surface area contributed by atoms with Crippen LogP contribution in [0.25, 0.3) is 0 Å². The number of hydroxylamine groups is 1. The molecule has 246 valence electrons. The predicted octanol–water partition coefficient (Wildman–Crippen LogP) is 2.56. The molecule has 0 aromatic heterocycles. The average molecular weight is 639 g/mol. The third kappa shape index (κ3) is 8.78. The van der Waals surface area contributed by atoms with Gasteiger partial charge in [-0.25, -0.2) is 9.59 Å². The molecular weight excluding hydrogens is 601 g/mol. The van der Waals surface area contributed by atoms with Crippen LogP contribution in [0.4, 0.5) is 13.2 Å². The lowest BCUT2D eigenvalue weighted by molar-refractivity contribution is -0.204. The Bertz CT molecular complexity index is 1350. The molecular formula is C30H37F3N4O8. The Morgan fingerprint density at radius 3 is 2.27 bits per heavy atom. The number of rotatable bonds is 9. The smallest absolute Gasteiger partial charge is 0.491 e. The summed E-state index contributed by atoms with van der Waals surface area (Å²) in [6.45, 7) is 3.44. The second kappa shape index (κ2) is 14.8. The van der Waals surface area contributed by atoms with Gasteiger partial charge in [0.1, 0.15) is 5.75 Å². The second-order valence-corrected chi connectivity index (χ2v) is 11.3. The Labute approximate surface area is 257 Å². The van der Waals surface area contributed by atoms with E-state index in [-0.39, 0.29) is 44.9 Å². The van der Waals surface area contributed by atoms with Gasteiger partial charge in [0, 0.05) is 19.5 Å². The van der Waals surface area contributed by atoms with Gasteiger partial charge in [-0.3, -0.25) is 14.9 Å². The third-order valence-corrected chi connectivity index (χ3v) is 7.53. The molecule has 2 aromatic carbocycles. The number of benzene rings is 2. The minimum atomic E-state index is -5.54. The number of aliphatic carboxylic acids is 1. The van der Waals surface area contributed by atoms with E-state index >= 15 is 0 Å². The number of hydrogen-bond acceptors (Lipinski definition) is 10. The van der Waals surface area contributed by atoms with Crippen LogP contribution in [0.15, 0.2) is 48.5 Å². The molecule has 2 aliphatic heterocycles. The highest BCUT2D eigenvalue weighted by Gasteiger charge is 2.53. The summed E-state index contributed by atoms with van der Waals surface area (Å²) in [5.74, 6) is -8.82. The van der Waals surface area contributed by atoms with E-state index in [2.05, 4.69) is 15.4 Å². The van der Waals surface area contributed by atoms with Crippen molar-refractivity contribution in [3.8, 4) is 5.75 Å². The lowest BCUT2D eigenvalue weighted by Gasteiger charge is -2.40. The van der Waals surface area contributed by atoms with Gasteiger partial charge in [0.15, 0.2) is 11.2 Å². The van der Waals surface area contributed by atoms with Crippen LogP contribution in [0, 0.1) is 11.8 Å². The number of alkyl halides is 3. The van der Waals surface area contributed by atoms with Gasteiger partial charge in [-0.1, -0.05) is 50.2 Å². The SMILES string of the molecule is CC(C)CC1C(=O)NC(NCc2ccc(CN)cc2)(C(=O)OC(=O)C(F)(F)F)Cc2ccc(cc2)OCCCC1(NO)C(=O)O. The van der Waals surface area contributed by atoms with Crippen molar-refractivity contribution >= 4 is 23.8 Å². The summed E-state index contributed by atoms with van der Waals surface area (Å²) >= 11 is 0. The number of carboxylic acids is 1. The van der Waals surface area contributed by atoms with Crippen LogP contribution in [0.1, 0.15) is 49.8 Å². The normalized spacial score (nSPS) is 22.7.